The normalized spacial score (nSPS) is 10.6. The molecule has 17 heavy (non-hydrogen) atoms. The molecule has 0 aliphatic rings. The van der Waals surface area contributed by atoms with Crippen molar-refractivity contribution >= 4 is 22.5 Å². The van der Waals surface area contributed by atoms with Crippen molar-refractivity contribution in [3.05, 3.63) is 36.3 Å². The standard InChI is InChI=1S/C10H7N5O2/c16-10(9-5-12-17-15-9)13-7-2-1-6-4-11-14-8(6)3-7/h1-5H,(H,11,14)(H,13,16). The van der Waals surface area contributed by atoms with Crippen LogP contribution in [0.5, 0.6) is 0 Å². The van der Waals surface area contributed by atoms with Gasteiger partial charge in [-0.25, -0.2) is 4.63 Å². The molecule has 0 atom stereocenters. The minimum atomic E-state index is -0.370. The van der Waals surface area contributed by atoms with Gasteiger partial charge >= 0.3 is 0 Å². The molecule has 1 amide bonds. The van der Waals surface area contributed by atoms with Crippen LogP contribution in [0.3, 0.4) is 0 Å². The predicted molar refractivity (Wildman–Crippen MR) is 58.3 cm³/mol. The van der Waals surface area contributed by atoms with E-state index in [1.54, 1.807) is 18.3 Å². The van der Waals surface area contributed by atoms with Gasteiger partial charge in [0.1, 0.15) is 6.20 Å². The van der Waals surface area contributed by atoms with E-state index in [2.05, 4.69) is 30.5 Å². The number of nitrogens with zero attached hydrogens (tertiary/aromatic N) is 3. The molecule has 2 aromatic heterocycles. The largest absolute Gasteiger partial charge is 0.320 e. The molecule has 0 aliphatic carbocycles. The maximum atomic E-state index is 11.7. The predicted octanol–water partition coefficient (Wildman–Crippen LogP) is 1.20. The van der Waals surface area contributed by atoms with Crippen LogP contribution in [0.4, 0.5) is 5.69 Å². The molecular formula is C10H7N5O2. The van der Waals surface area contributed by atoms with Crippen molar-refractivity contribution in [2.75, 3.05) is 5.32 Å². The van der Waals surface area contributed by atoms with E-state index in [4.69, 9.17) is 0 Å². The number of aromatic nitrogens is 4. The van der Waals surface area contributed by atoms with Crippen LogP contribution in [0.1, 0.15) is 10.5 Å². The Morgan fingerprint density at radius 2 is 2.29 bits per heavy atom. The van der Waals surface area contributed by atoms with Gasteiger partial charge in [-0.2, -0.15) is 5.10 Å². The van der Waals surface area contributed by atoms with Gasteiger partial charge < -0.3 is 5.32 Å². The Labute approximate surface area is 94.8 Å². The maximum absolute atomic E-state index is 11.7. The number of rotatable bonds is 2. The Kier molecular flexibility index (Phi) is 2.08. The van der Waals surface area contributed by atoms with Crippen LogP contribution in [0, 0.1) is 0 Å². The molecule has 3 rings (SSSR count). The van der Waals surface area contributed by atoms with E-state index in [1.165, 1.54) is 6.20 Å². The van der Waals surface area contributed by atoms with E-state index in [9.17, 15) is 4.79 Å². The first-order valence-electron chi connectivity index (χ1n) is 4.85. The van der Waals surface area contributed by atoms with E-state index in [0.29, 0.717) is 5.69 Å². The molecule has 7 heteroatoms. The Balaban J connectivity index is 1.87. The summed E-state index contributed by atoms with van der Waals surface area (Å²) in [5, 5.41) is 17.2. The summed E-state index contributed by atoms with van der Waals surface area (Å²) in [5.74, 6) is -0.370. The fraction of sp³-hybridized carbons (Fsp3) is 0. The second kappa shape index (κ2) is 3.71. The number of carbonyl (C=O) groups excluding carboxylic acids is 1. The molecule has 0 radical (unpaired) electrons. The van der Waals surface area contributed by atoms with Crippen LogP contribution < -0.4 is 5.32 Å². The summed E-state index contributed by atoms with van der Waals surface area (Å²) >= 11 is 0. The minimum Gasteiger partial charge on any atom is -0.320 e. The third kappa shape index (κ3) is 1.73. The maximum Gasteiger partial charge on any atom is 0.279 e. The number of hydrogen-bond acceptors (Lipinski definition) is 5. The van der Waals surface area contributed by atoms with E-state index in [-0.39, 0.29) is 11.6 Å². The topological polar surface area (TPSA) is 96.7 Å². The van der Waals surface area contributed by atoms with Gasteiger partial charge in [-0.05, 0) is 23.4 Å². The summed E-state index contributed by atoms with van der Waals surface area (Å²) in [6.45, 7) is 0. The number of amides is 1. The van der Waals surface area contributed by atoms with Crippen LogP contribution in [0.25, 0.3) is 10.9 Å². The van der Waals surface area contributed by atoms with Gasteiger partial charge in [-0.3, -0.25) is 9.89 Å². The van der Waals surface area contributed by atoms with Gasteiger partial charge in [-0.1, -0.05) is 5.16 Å². The molecule has 0 saturated heterocycles. The third-order valence-electron chi connectivity index (χ3n) is 2.29. The van der Waals surface area contributed by atoms with Gasteiger partial charge in [0.05, 0.1) is 11.7 Å². The van der Waals surface area contributed by atoms with Crippen molar-refractivity contribution in [1.82, 2.24) is 20.5 Å². The van der Waals surface area contributed by atoms with Crippen molar-refractivity contribution in [2.24, 2.45) is 0 Å². The highest BCUT2D eigenvalue weighted by Gasteiger charge is 2.10. The van der Waals surface area contributed by atoms with Gasteiger partial charge in [-0.15, -0.1) is 0 Å². The zero-order valence-corrected chi connectivity index (χ0v) is 8.54. The van der Waals surface area contributed by atoms with Crippen molar-refractivity contribution in [3.63, 3.8) is 0 Å². The Bertz CT molecular complexity index is 658. The molecule has 0 spiro atoms. The second-order valence-electron chi connectivity index (χ2n) is 3.42. The average molecular weight is 229 g/mol. The first-order valence-corrected chi connectivity index (χ1v) is 4.85. The van der Waals surface area contributed by atoms with Gasteiger partial charge in [0.2, 0.25) is 0 Å². The number of aromatic amines is 1. The van der Waals surface area contributed by atoms with E-state index in [0.717, 1.165) is 10.9 Å². The lowest BCUT2D eigenvalue weighted by molar-refractivity contribution is 0.101. The summed E-state index contributed by atoms with van der Waals surface area (Å²) < 4.78 is 4.35. The van der Waals surface area contributed by atoms with Crippen molar-refractivity contribution < 1.29 is 9.42 Å². The molecule has 3 aromatic rings. The summed E-state index contributed by atoms with van der Waals surface area (Å²) in [6.07, 6.45) is 2.96. The summed E-state index contributed by atoms with van der Waals surface area (Å²) in [4.78, 5) is 11.7. The van der Waals surface area contributed by atoms with Crippen LogP contribution in [0.15, 0.2) is 35.2 Å². The first-order chi connectivity index (χ1) is 8.33. The average Bonchev–Trinajstić information content (AvgIpc) is 2.99. The molecule has 1 aromatic carbocycles. The lowest BCUT2D eigenvalue weighted by Gasteiger charge is -2.01. The fourth-order valence-corrected chi connectivity index (χ4v) is 1.47. The smallest absolute Gasteiger partial charge is 0.279 e. The Hall–Kier alpha value is -2.70. The summed E-state index contributed by atoms with van der Waals surface area (Å²) in [7, 11) is 0. The lowest BCUT2D eigenvalue weighted by Crippen LogP contribution is -2.11. The quantitative estimate of drug-likeness (QED) is 0.688. The number of anilines is 1. The van der Waals surface area contributed by atoms with Crippen molar-refractivity contribution in [3.8, 4) is 0 Å². The van der Waals surface area contributed by atoms with E-state index in [1.807, 2.05) is 6.07 Å². The molecule has 0 aliphatic heterocycles. The van der Waals surface area contributed by atoms with E-state index < -0.39 is 0 Å². The highest BCUT2D eigenvalue weighted by Crippen LogP contribution is 2.16. The monoisotopic (exact) mass is 229 g/mol. The number of nitrogens with one attached hydrogen (secondary N) is 2. The molecule has 0 bridgehead atoms. The van der Waals surface area contributed by atoms with Crippen molar-refractivity contribution in [1.29, 1.82) is 0 Å². The number of H-pyrrole nitrogens is 1. The SMILES string of the molecule is O=C(Nc1ccc2cn[nH]c2c1)c1cnon1. The summed E-state index contributed by atoms with van der Waals surface area (Å²) in [5.41, 5.74) is 1.63. The first kappa shape index (κ1) is 9.52. The molecule has 0 saturated carbocycles. The van der Waals surface area contributed by atoms with Crippen LogP contribution >= 0.6 is 0 Å². The van der Waals surface area contributed by atoms with Crippen molar-refractivity contribution in [2.45, 2.75) is 0 Å². The number of benzene rings is 1. The molecule has 0 unspecified atom stereocenters. The molecule has 2 heterocycles. The summed E-state index contributed by atoms with van der Waals surface area (Å²) in [6, 6.07) is 5.42. The van der Waals surface area contributed by atoms with E-state index >= 15 is 0 Å². The number of hydrogen-bond donors (Lipinski definition) is 2. The molecule has 0 fully saturated rings. The van der Waals surface area contributed by atoms with Gasteiger partial charge in [0.25, 0.3) is 5.91 Å². The zero-order chi connectivity index (χ0) is 11.7. The Morgan fingerprint density at radius 3 is 3.12 bits per heavy atom. The molecule has 2 N–H and O–H groups in total. The Morgan fingerprint density at radius 1 is 1.35 bits per heavy atom. The van der Waals surface area contributed by atoms with Gasteiger partial charge in [0, 0.05) is 11.1 Å². The molecule has 7 nitrogen and oxygen atoms in total. The lowest BCUT2D eigenvalue weighted by atomic mass is 10.2. The number of fused-ring (bicyclic) bond motifs is 1. The van der Waals surface area contributed by atoms with Crippen LogP contribution in [-0.2, 0) is 0 Å². The highest BCUT2D eigenvalue weighted by atomic mass is 16.6. The second-order valence-corrected chi connectivity index (χ2v) is 3.42. The molecule has 84 valence electrons. The molecular weight excluding hydrogens is 222 g/mol. The fourth-order valence-electron chi connectivity index (χ4n) is 1.47. The number of carbonyl (C=O) groups is 1. The van der Waals surface area contributed by atoms with Gasteiger partial charge in [0.15, 0.2) is 5.69 Å². The zero-order valence-electron chi connectivity index (χ0n) is 8.54. The highest BCUT2D eigenvalue weighted by molar-refractivity contribution is 6.03. The van der Waals surface area contributed by atoms with Crippen LogP contribution in [-0.4, -0.2) is 26.4 Å². The third-order valence-corrected chi connectivity index (χ3v) is 2.29. The minimum absolute atomic E-state index is 0.134. The van der Waals surface area contributed by atoms with Crippen LogP contribution in [0.2, 0.25) is 0 Å².